The molecular formula is C22H16ClN3O3. The van der Waals surface area contributed by atoms with Gasteiger partial charge in [0, 0.05) is 28.3 Å². The van der Waals surface area contributed by atoms with Gasteiger partial charge in [-0.15, -0.1) is 0 Å². The van der Waals surface area contributed by atoms with Crippen LogP contribution in [0, 0.1) is 0 Å². The van der Waals surface area contributed by atoms with E-state index in [0.717, 1.165) is 5.56 Å². The van der Waals surface area contributed by atoms with Crippen LogP contribution in [-0.4, -0.2) is 15.3 Å². The van der Waals surface area contributed by atoms with E-state index in [-0.39, 0.29) is 5.78 Å². The van der Waals surface area contributed by atoms with Crippen LogP contribution >= 0.6 is 11.6 Å². The highest BCUT2D eigenvalue weighted by Crippen LogP contribution is 2.48. The van der Waals surface area contributed by atoms with Crippen LogP contribution < -0.4 is 16.6 Å². The van der Waals surface area contributed by atoms with Gasteiger partial charge in [-0.3, -0.25) is 19.1 Å². The molecule has 1 atom stereocenters. The van der Waals surface area contributed by atoms with Gasteiger partial charge in [0.05, 0.1) is 17.2 Å². The minimum Gasteiger partial charge on any atom is -0.340 e. The number of ketones is 1. The third-order valence-electron chi connectivity index (χ3n) is 5.54. The van der Waals surface area contributed by atoms with Crippen molar-refractivity contribution in [1.82, 2.24) is 9.55 Å². The number of aromatic nitrogens is 2. The number of rotatable bonds is 2. The number of anilines is 1. The Morgan fingerprint density at radius 1 is 1.00 bits per heavy atom. The van der Waals surface area contributed by atoms with Crippen LogP contribution in [0.3, 0.4) is 0 Å². The molecule has 1 aromatic heterocycles. The standard InChI is InChI=1S/C22H16ClN3O3/c1-2-26-20-17(21(28)25-22(26)29)15(13-9-5-6-10-14(13)23)16-18(24-20)11-7-3-4-8-12(11)19(16)27/h3-10,15,24H,2H2,1H3,(H,25,28,29). The number of carbonyl (C=O) groups excluding carboxylic acids is 1. The summed E-state index contributed by atoms with van der Waals surface area (Å²) in [6.45, 7) is 2.18. The first-order valence-corrected chi connectivity index (χ1v) is 9.67. The summed E-state index contributed by atoms with van der Waals surface area (Å²) in [5.74, 6) is -0.432. The van der Waals surface area contributed by atoms with Crippen molar-refractivity contribution in [2.45, 2.75) is 19.4 Å². The Hall–Kier alpha value is -3.38. The zero-order valence-corrected chi connectivity index (χ0v) is 16.2. The van der Waals surface area contributed by atoms with Gasteiger partial charge in [-0.2, -0.15) is 0 Å². The quantitative estimate of drug-likeness (QED) is 0.684. The van der Waals surface area contributed by atoms with Crippen LogP contribution in [0.2, 0.25) is 5.02 Å². The van der Waals surface area contributed by atoms with Gasteiger partial charge in [-0.05, 0) is 18.6 Å². The number of nitrogens with one attached hydrogen (secondary N) is 2. The number of hydrogen-bond donors (Lipinski definition) is 2. The fourth-order valence-electron chi connectivity index (χ4n) is 4.29. The Morgan fingerprint density at radius 3 is 2.41 bits per heavy atom. The first kappa shape index (κ1) is 17.7. The molecule has 7 heteroatoms. The largest absolute Gasteiger partial charge is 0.340 e. The summed E-state index contributed by atoms with van der Waals surface area (Å²) in [7, 11) is 0. The number of nitrogens with zero attached hydrogens (tertiary/aromatic N) is 1. The zero-order chi connectivity index (χ0) is 20.3. The second-order valence-corrected chi connectivity index (χ2v) is 7.42. The molecule has 0 amide bonds. The van der Waals surface area contributed by atoms with Crippen LogP contribution in [-0.2, 0) is 6.54 Å². The number of halogens is 1. The molecule has 0 fully saturated rings. The van der Waals surface area contributed by atoms with E-state index in [1.54, 1.807) is 18.2 Å². The molecule has 2 N–H and O–H groups in total. The lowest BCUT2D eigenvalue weighted by Crippen LogP contribution is -2.38. The first-order chi connectivity index (χ1) is 14.0. The SMILES string of the molecule is CCn1c2c(c(=O)[nH]c1=O)C(c1ccccc1Cl)C1=C(N2)c2ccccc2C1=O. The number of Topliss-reactive ketones (excluding diaryl/α,β-unsaturated/α-hetero) is 1. The summed E-state index contributed by atoms with van der Waals surface area (Å²) in [5.41, 5.74) is 2.36. The third kappa shape index (κ3) is 2.39. The van der Waals surface area contributed by atoms with Gasteiger partial charge in [0.1, 0.15) is 5.82 Å². The lowest BCUT2D eigenvalue weighted by Gasteiger charge is -2.29. The smallest absolute Gasteiger partial charge is 0.329 e. The second kappa shape index (κ2) is 6.32. The molecule has 2 aliphatic rings. The van der Waals surface area contributed by atoms with Crippen molar-refractivity contribution in [3.63, 3.8) is 0 Å². The molecule has 3 aromatic rings. The molecule has 29 heavy (non-hydrogen) atoms. The monoisotopic (exact) mass is 405 g/mol. The van der Waals surface area contributed by atoms with Gasteiger partial charge in [-0.1, -0.05) is 54.1 Å². The number of fused-ring (bicyclic) bond motifs is 3. The summed E-state index contributed by atoms with van der Waals surface area (Å²) >= 11 is 6.50. The first-order valence-electron chi connectivity index (χ1n) is 9.29. The lowest BCUT2D eigenvalue weighted by molar-refractivity contribution is 0.103. The number of allylic oxidation sites excluding steroid dienone is 1. The van der Waals surface area contributed by atoms with Crippen molar-refractivity contribution in [2.24, 2.45) is 0 Å². The van der Waals surface area contributed by atoms with E-state index < -0.39 is 17.2 Å². The van der Waals surface area contributed by atoms with E-state index in [9.17, 15) is 14.4 Å². The molecule has 2 heterocycles. The average Bonchev–Trinajstić information content (AvgIpc) is 3.00. The summed E-state index contributed by atoms with van der Waals surface area (Å²) in [6, 6.07) is 14.4. The predicted octanol–water partition coefficient (Wildman–Crippen LogP) is 3.37. The van der Waals surface area contributed by atoms with E-state index in [1.807, 2.05) is 37.3 Å². The Balaban J connectivity index is 1.90. The molecule has 0 spiro atoms. The van der Waals surface area contributed by atoms with E-state index in [1.165, 1.54) is 4.57 Å². The Labute approximate surface area is 170 Å². The number of hydrogen-bond acceptors (Lipinski definition) is 4. The zero-order valence-electron chi connectivity index (χ0n) is 15.5. The maximum Gasteiger partial charge on any atom is 0.329 e. The van der Waals surface area contributed by atoms with Crippen molar-refractivity contribution in [2.75, 3.05) is 5.32 Å². The Morgan fingerprint density at radius 2 is 1.69 bits per heavy atom. The third-order valence-corrected chi connectivity index (χ3v) is 5.89. The summed E-state index contributed by atoms with van der Waals surface area (Å²) in [4.78, 5) is 41.1. The van der Waals surface area contributed by atoms with Gasteiger partial charge < -0.3 is 5.32 Å². The number of H-pyrrole nitrogens is 1. The molecule has 0 saturated carbocycles. The van der Waals surface area contributed by atoms with Crippen molar-refractivity contribution in [3.8, 4) is 0 Å². The van der Waals surface area contributed by atoms with Gasteiger partial charge in [-0.25, -0.2) is 4.79 Å². The molecule has 144 valence electrons. The highest BCUT2D eigenvalue weighted by Gasteiger charge is 2.42. The topological polar surface area (TPSA) is 84.0 Å². The molecular weight excluding hydrogens is 390 g/mol. The van der Waals surface area contributed by atoms with Gasteiger partial charge in [0.25, 0.3) is 5.56 Å². The Bertz CT molecular complexity index is 1350. The van der Waals surface area contributed by atoms with E-state index in [2.05, 4.69) is 10.3 Å². The Kier molecular flexibility index (Phi) is 3.86. The van der Waals surface area contributed by atoms with Crippen molar-refractivity contribution in [3.05, 3.63) is 102 Å². The average molecular weight is 406 g/mol. The van der Waals surface area contributed by atoms with Crippen LogP contribution in [0.4, 0.5) is 5.82 Å². The van der Waals surface area contributed by atoms with Gasteiger partial charge in [0.2, 0.25) is 0 Å². The summed E-state index contributed by atoms with van der Waals surface area (Å²) in [6.07, 6.45) is 0. The fraction of sp³-hybridized carbons (Fsp3) is 0.136. The van der Waals surface area contributed by atoms with Crippen molar-refractivity contribution < 1.29 is 4.79 Å². The van der Waals surface area contributed by atoms with E-state index in [4.69, 9.17) is 11.6 Å². The molecule has 0 bridgehead atoms. The van der Waals surface area contributed by atoms with Crippen LogP contribution in [0.5, 0.6) is 0 Å². The lowest BCUT2D eigenvalue weighted by atomic mass is 9.81. The fourth-order valence-corrected chi connectivity index (χ4v) is 4.53. The molecule has 1 unspecified atom stereocenters. The van der Waals surface area contributed by atoms with Crippen LogP contribution in [0.15, 0.2) is 63.7 Å². The summed E-state index contributed by atoms with van der Waals surface area (Å²) in [5, 5.41) is 3.68. The van der Waals surface area contributed by atoms with Crippen molar-refractivity contribution >= 4 is 28.9 Å². The molecule has 1 aliphatic carbocycles. The minimum absolute atomic E-state index is 0.146. The maximum absolute atomic E-state index is 13.3. The second-order valence-electron chi connectivity index (χ2n) is 7.01. The highest BCUT2D eigenvalue weighted by atomic mass is 35.5. The molecule has 5 rings (SSSR count). The predicted molar refractivity (Wildman–Crippen MR) is 112 cm³/mol. The number of benzene rings is 2. The molecule has 0 saturated heterocycles. The van der Waals surface area contributed by atoms with Crippen molar-refractivity contribution in [1.29, 1.82) is 0 Å². The van der Waals surface area contributed by atoms with E-state index in [0.29, 0.717) is 45.3 Å². The maximum atomic E-state index is 13.3. The molecule has 1 aliphatic heterocycles. The minimum atomic E-state index is -0.683. The van der Waals surface area contributed by atoms with Gasteiger partial charge in [0.15, 0.2) is 5.78 Å². The summed E-state index contributed by atoms with van der Waals surface area (Å²) < 4.78 is 1.47. The van der Waals surface area contributed by atoms with Gasteiger partial charge >= 0.3 is 5.69 Å². The normalized spacial score (nSPS) is 16.9. The van der Waals surface area contributed by atoms with E-state index >= 15 is 0 Å². The molecule has 6 nitrogen and oxygen atoms in total. The molecule has 2 aromatic carbocycles. The number of aromatic amines is 1. The molecule has 0 radical (unpaired) electrons. The van der Waals surface area contributed by atoms with Crippen LogP contribution in [0.1, 0.15) is 39.9 Å². The van der Waals surface area contributed by atoms with Crippen LogP contribution in [0.25, 0.3) is 5.70 Å². The highest BCUT2D eigenvalue weighted by molar-refractivity contribution is 6.32. The number of carbonyl (C=O) groups is 1.